The fraction of sp³-hybridized carbons (Fsp3) is 0.514. The average Bonchev–Trinajstić information content (AvgIpc) is 3.53. The average molecular weight is 632 g/mol. The van der Waals surface area contributed by atoms with E-state index in [0.717, 1.165) is 49.8 Å². The Kier molecular flexibility index (Phi) is 13.3. The van der Waals surface area contributed by atoms with Crippen molar-refractivity contribution in [1.29, 1.82) is 0 Å². The van der Waals surface area contributed by atoms with Gasteiger partial charge in [0.1, 0.15) is 12.4 Å². The lowest BCUT2D eigenvalue weighted by Crippen LogP contribution is -2.55. The summed E-state index contributed by atoms with van der Waals surface area (Å²) >= 11 is 0. The molecule has 1 aromatic carbocycles. The summed E-state index contributed by atoms with van der Waals surface area (Å²) in [4.78, 5) is 49.7. The van der Waals surface area contributed by atoms with Crippen molar-refractivity contribution >= 4 is 17.8 Å². The first-order valence-electron chi connectivity index (χ1n) is 16.4. The van der Waals surface area contributed by atoms with Gasteiger partial charge < -0.3 is 26.4 Å². The molecule has 2 aromatic heterocycles. The van der Waals surface area contributed by atoms with Crippen LogP contribution in [0.15, 0.2) is 67.3 Å². The van der Waals surface area contributed by atoms with Gasteiger partial charge in [0.05, 0.1) is 23.9 Å². The Balaban J connectivity index is 1.44. The number of carbonyl (C=O) groups excluding carboxylic acids is 3. The largest absolute Gasteiger partial charge is 0.391 e. The number of hydrogen-bond acceptors (Lipinski definition) is 7. The molecular formula is C35H49N7O4. The first kappa shape index (κ1) is 34.8. The normalized spacial score (nSPS) is 16.2. The van der Waals surface area contributed by atoms with Gasteiger partial charge in [0, 0.05) is 38.6 Å². The second kappa shape index (κ2) is 17.6. The quantitative estimate of drug-likeness (QED) is 0.200. The van der Waals surface area contributed by atoms with Crippen LogP contribution in [0, 0.1) is 5.92 Å². The van der Waals surface area contributed by atoms with Crippen molar-refractivity contribution in [3.05, 3.63) is 84.2 Å². The molecule has 3 aromatic rings. The van der Waals surface area contributed by atoms with E-state index >= 15 is 0 Å². The van der Waals surface area contributed by atoms with Crippen LogP contribution >= 0.6 is 0 Å². The molecule has 5 N–H and O–H groups in total. The number of aryl methyl sites for hydroxylation is 1. The van der Waals surface area contributed by atoms with Gasteiger partial charge in [-0.25, -0.2) is 9.78 Å². The summed E-state index contributed by atoms with van der Waals surface area (Å²) in [5.41, 5.74) is 8.59. The monoisotopic (exact) mass is 631 g/mol. The van der Waals surface area contributed by atoms with Crippen LogP contribution in [0.1, 0.15) is 73.1 Å². The van der Waals surface area contributed by atoms with Crippen molar-refractivity contribution in [3.8, 4) is 0 Å². The summed E-state index contributed by atoms with van der Waals surface area (Å²) in [6, 6.07) is 12.7. The van der Waals surface area contributed by atoms with E-state index in [1.807, 2.05) is 48.5 Å². The molecule has 46 heavy (non-hydrogen) atoms. The molecule has 11 heteroatoms. The van der Waals surface area contributed by atoms with E-state index in [1.165, 1.54) is 22.2 Å². The highest BCUT2D eigenvalue weighted by molar-refractivity contribution is 5.87. The maximum absolute atomic E-state index is 13.8. The summed E-state index contributed by atoms with van der Waals surface area (Å²) < 4.78 is 1.34. The third-order valence-electron chi connectivity index (χ3n) is 8.70. The van der Waals surface area contributed by atoms with Gasteiger partial charge in [0.2, 0.25) is 11.8 Å². The number of aliphatic hydroxyl groups is 1. The third-order valence-corrected chi connectivity index (χ3v) is 8.70. The van der Waals surface area contributed by atoms with Gasteiger partial charge in [-0.2, -0.15) is 0 Å². The predicted molar refractivity (Wildman–Crippen MR) is 177 cm³/mol. The molecule has 1 aliphatic carbocycles. The van der Waals surface area contributed by atoms with Gasteiger partial charge in [0.25, 0.3) is 0 Å². The Labute approximate surface area is 272 Å². The highest BCUT2D eigenvalue weighted by Gasteiger charge is 2.30. The Hall–Kier alpha value is -4.09. The maximum Gasteiger partial charge on any atom is 0.317 e. The number of urea groups is 1. The molecule has 0 spiro atoms. The summed E-state index contributed by atoms with van der Waals surface area (Å²) in [6.07, 6.45) is 12.7. The summed E-state index contributed by atoms with van der Waals surface area (Å²) in [5.74, 6) is -0.301. The van der Waals surface area contributed by atoms with E-state index < -0.39 is 36.2 Å². The second-order valence-corrected chi connectivity index (χ2v) is 12.6. The summed E-state index contributed by atoms with van der Waals surface area (Å²) in [6.45, 7) is 0. The van der Waals surface area contributed by atoms with Crippen LogP contribution in [-0.4, -0.2) is 80.7 Å². The number of aliphatic hydroxyl groups excluding tert-OH is 1. The van der Waals surface area contributed by atoms with Crippen LogP contribution in [0.2, 0.25) is 0 Å². The van der Waals surface area contributed by atoms with Crippen molar-refractivity contribution in [2.45, 2.75) is 94.9 Å². The number of nitrogens with two attached hydrogens (primary N) is 1. The Morgan fingerprint density at radius 3 is 2.41 bits per heavy atom. The zero-order valence-electron chi connectivity index (χ0n) is 27.1. The number of benzene rings is 1. The summed E-state index contributed by atoms with van der Waals surface area (Å²) in [5, 5.41) is 17.2. The minimum atomic E-state index is -0.971. The number of amides is 3. The molecular weight excluding hydrogens is 582 g/mol. The topological polar surface area (TPSA) is 155 Å². The molecule has 248 valence electrons. The van der Waals surface area contributed by atoms with E-state index in [9.17, 15) is 19.5 Å². The van der Waals surface area contributed by atoms with Crippen LogP contribution in [0.5, 0.6) is 0 Å². The molecule has 1 aliphatic rings. The first-order chi connectivity index (χ1) is 22.2. The van der Waals surface area contributed by atoms with Crippen LogP contribution in [0.25, 0.3) is 0 Å². The lowest BCUT2D eigenvalue weighted by molar-refractivity contribution is -0.124. The lowest BCUT2D eigenvalue weighted by Gasteiger charge is -2.31. The van der Waals surface area contributed by atoms with Crippen LogP contribution in [0.4, 0.5) is 4.79 Å². The minimum absolute atomic E-state index is 0.0610. The standard InChI is InChI=1S/C35H49N7O4/c1-41(2)35(46)40-31(22-28-23-42(24-38-28)34(45)29(36)20-25-12-5-3-6-13-25)33(44)39-30(21-26-14-7-4-8-15-26)32(43)18-11-17-27-16-9-10-19-37-27/h3,5-6,9-10,12-13,16,19,23-24,26,29-32,43H,4,7-8,11,14-15,17-18,20-22,36H2,1-2H3,(H,39,44)(H,40,46)/t29-,30-,31-,32-/m0/s1. The molecule has 4 rings (SSSR count). The molecule has 1 saturated carbocycles. The van der Waals surface area contributed by atoms with E-state index in [0.29, 0.717) is 30.9 Å². The van der Waals surface area contributed by atoms with Gasteiger partial charge in [-0.1, -0.05) is 68.5 Å². The van der Waals surface area contributed by atoms with Crippen molar-refractivity contribution in [2.75, 3.05) is 14.1 Å². The van der Waals surface area contributed by atoms with Crippen molar-refractivity contribution < 1.29 is 19.5 Å². The molecule has 3 amide bonds. The van der Waals surface area contributed by atoms with E-state index in [2.05, 4.69) is 20.6 Å². The fourth-order valence-electron chi connectivity index (χ4n) is 6.05. The fourth-order valence-corrected chi connectivity index (χ4v) is 6.05. The predicted octanol–water partition coefficient (Wildman–Crippen LogP) is 3.51. The van der Waals surface area contributed by atoms with Gasteiger partial charge in [0.15, 0.2) is 0 Å². The van der Waals surface area contributed by atoms with Crippen LogP contribution in [-0.2, 0) is 24.1 Å². The molecule has 0 radical (unpaired) electrons. The number of carbonyl (C=O) groups is 3. The smallest absolute Gasteiger partial charge is 0.317 e. The number of nitrogens with zero attached hydrogens (tertiary/aromatic N) is 4. The minimum Gasteiger partial charge on any atom is -0.391 e. The van der Waals surface area contributed by atoms with Gasteiger partial charge in [-0.3, -0.25) is 19.1 Å². The molecule has 11 nitrogen and oxygen atoms in total. The maximum atomic E-state index is 13.8. The molecule has 0 bridgehead atoms. The van der Waals surface area contributed by atoms with Gasteiger partial charge in [-0.15, -0.1) is 0 Å². The zero-order valence-corrected chi connectivity index (χ0v) is 27.1. The Morgan fingerprint density at radius 1 is 0.978 bits per heavy atom. The third kappa shape index (κ3) is 10.8. The van der Waals surface area contributed by atoms with Crippen molar-refractivity contribution in [1.82, 2.24) is 30.1 Å². The molecule has 0 aliphatic heterocycles. The number of aromatic nitrogens is 3. The van der Waals surface area contributed by atoms with Crippen molar-refractivity contribution in [2.24, 2.45) is 11.7 Å². The Bertz CT molecular complexity index is 1380. The van der Waals surface area contributed by atoms with Gasteiger partial charge in [-0.05, 0) is 55.7 Å². The highest BCUT2D eigenvalue weighted by atomic mass is 16.3. The van der Waals surface area contributed by atoms with E-state index in [4.69, 9.17) is 5.73 Å². The molecule has 4 atom stereocenters. The van der Waals surface area contributed by atoms with Crippen LogP contribution < -0.4 is 16.4 Å². The number of imidazole rings is 1. The number of pyridine rings is 1. The molecule has 1 fully saturated rings. The second-order valence-electron chi connectivity index (χ2n) is 12.6. The molecule has 0 unspecified atom stereocenters. The van der Waals surface area contributed by atoms with E-state index in [1.54, 1.807) is 26.5 Å². The molecule has 0 saturated heterocycles. The number of nitrogens with one attached hydrogen (secondary N) is 2. The van der Waals surface area contributed by atoms with Crippen molar-refractivity contribution in [3.63, 3.8) is 0 Å². The highest BCUT2D eigenvalue weighted by Crippen LogP contribution is 2.28. The summed E-state index contributed by atoms with van der Waals surface area (Å²) in [7, 11) is 3.20. The zero-order chi connectivity index (χ0) is 32.9. The van der Waals surface area contributed by atoms with Gasteiger partial charge >= 0.3 is 6.03 Å². The molecule has 2 heterocycles. The Morgan fingerprint density at radius 2 is 1.72 bits per heavy atom. The van der Waals surface area contributed by atoms with E-state index in [-0.39, 0.29) is 12.3 Å². The number of hydrogen-bond donors (Lipinski definition) is 4. The lowest BCUT2D eigenvalue weighted by atomic mass is 9.83. The van der Waals surface area contributed by atoms with Crippen LogP contribution in [0.3, 0.4) is 0 Å². The SMILES string of the molecule is CN(C)C(=O)N[C@@H](Cc1cn(C(=O)[C@@H](N)Cc2ccccc2)cn1)C(=O)N[C@@H](CC1CCCCC1)[C@@H](O)CCCc1ccccn1. The first-order valence-corrected chi connectivity index (χ1v) is 16.4. The number of rotatable bonds is 15.